The minimum absolute atomic E-state index is 0.370. The molecule has 0 bridgehead atoms. The Morgan fingerprint density at radius 3 is 2.77 bits per heavy atom. The summed E-state index contributed by atoms with van der Waals surface area (Å²) in [7, 11) is 0. The fraction of sp³-hybridized carbons (Fsp3) is 0.455. The molecule has 2 rings (SSSR count). The maximum absolute atomic E-state index is 6.05. The van der Waals surface area contributed by atoms with E-state index >= 15 is 0 Å². The molecular weight excluding hydrogens is 226 g/mol. The average molecular weight is 240 g/mol. The van der Waals surface area contributed by atoms with Gasteiger partial charge in [0.05, 0.1) is 0 Å². The summed E-state index contributed by atoms with van der Waals surface area (Å²) in [6, 6.07) is 8.89. The normalized spacial score (nSPS) is 27.8. The molecule has 1 nitrogen and oxygen atoms in total. The van der Waals surface area contributed by atoms with Crippen LogP contribution in [0.2, 0.25) is 0 Å². The molecule has 13 heavy (non-hydrogen) atoms. The minimum atomic E-state index is 0.370. The Kier molecular flexibility index (Phi) is 2.70. The Bertz CT molecular complexity index is 298. The third-order valence-electron chi connectivity index (χ3n) is 2.85. The molecule has 2 heteroatoms. The summed E-state index contributed by atoms with van der Waals surface area (Å²) in [5.74, 6) is 0.581. The molecule has 2 atom stereocenters. The van der Waals surface area contributed by atoms with Crippen molar-refractivity contribution in [1.29, 1.82) is 0 Å². The minimum Gasteiger partial charge on any atom is -0.327 e. The van der Waals surface area contributed by atoms with Crippen LogP contribution in [0.1, 0.15) is 30.7 Å². The lowest BCUT2D eigenvalue weighted by atomic mass is 9.95. The standard InChI is InChI=1S/C11H14BrN/c12-9-4-1-3-8(7-9)10-5-2-6-11(10)13/h1,3-4,7,10-11H,2,5-6,13H2/t10-,11-/m1/s1. The summed E-state index contributed by atoms with van der Waals surface area (Å²) >= 11 is 3.49. The number of halogens is 1. The molecule has 2 N–H and O–H groups in total. The first-order chi connectivity index (χ1) is 6.27. The van der Waals surface area contributed by atoms with Gasteiger partial charge in [-0.15, -0.1) is 0 Å². The fourth-order valence-electron chi connectivity index (χ4n) is 2.14. The van der Waals surface area contributed by atoms with Gasteiger partial charge in [0.1, 0.15) is 0 Å². The van der Waals surface area contributed by atoms with Gasteiger partial charge in [-0.3, -0.25) is 0 Å². The van der Waals surface area contributed by atoms with Crippen molar-refractivity contribution in [2.24, 2.45) is 5.73 Å². The Morgan fingerprint density at radius 2 is 2.15 bits per heavy atom. The van der Waals surface area contributed by atoms with E-state index in [2.05, 4.69) is 40.2 Å². The van der Waals surface area contributed by atoms with Crippen molar-refractivity contribution in [3.05, 3.63) is 34.3 Å². The first-order valence-corrected chi connectivity index (χ1v) is 5.58. The molecule has 1 aromatic rings. The van der Waals surface area contributed by atoms with Gasteiger partial charge in [-0.05, 0) is 36.5 Å². The largest absolute Gasteiger partial charge is 0.327 e. The number of hydrogen-bond donors (Lipinski definition) is 1. The van der Waals surface area contributed by atoms with Gasteiger partial charge in [-0.25, -0.2) is 0 Å². The first-order valence-electron chi connectivity index (χ1n) is 4.78. The van der Waals surface area contributed by atoms with E-state index in [1.165, 1.54) is 24.8 Å². The van der Waals surface area contributed by atoms with E-state index in [0.29, 0.717) is 12.0 Å². The van der Waals surface area contributed by atoms with Gasteiger partial charge in [0.15, 0.2) is 0 Å². The van der Waals surface area contributed by atoms with Crippen LogP contribution in [-0.2, 0) is 0 Å². The van der Waals surface area contributed by atoms with Crippen molar-refractivity contribution >= 4 is 15.9 Å². The first kappa shape index (κ1) is 9.22. The van der Waals surface area contributed by atoms with E-state index in [9.17, 15) is 0 Å². The van der Waals surface area contributed by atoms with Crippen LogP contribution in [0.25, 0.3) is 0 Å². The molecule has 0 radical (unpaired) electrons. The zero-order valence-electron chi connectivity index (χ0n) is 7.54. The van der Waals surface area contributed by atoms with Crippen molar-refractivity contribution in [3.63, 3.8) is 0 Å². The van der Waals surface area contributed by atoms with Crippen LogP contribution >= 0.6 is 15.9 Å². The molecule has 70 valence electrons. The van der Waals surface area contributed by atoms with Gasteiger partial charge in [0, 0.05) is 10.5 Å². The highest BCUT2D eigenvalue weighted by Crippen LogP contribution is 2.34. The smallest absolute Gasteiger partial charge is 0.0178 e. The molecule has 0 aliphatic heterocycles. The molecule has 0 amide bonds. The Morgan fingerprint density at radius 1 is 1.31 bits per heavy atom. The second-order valence-electron chi connectivity index (χ2n) is 3.76. The zero-order valence-corrected chi connectivity index (χ0v) is 9.13. The average Bonchev–Trinajstić information content (AvgIpc) is 2.51. The Balaban J connectivity index is 2.24. The Labute approximate surface area is 87.5 Å². The van der Waals surface area contributed by atoms with E-state index in [-0.39, 0.29) is 0 Å². The van der Waals surface area contributed by atoms with Crippen LogP contribution in [0.3, 0.4) is 0 Å². The van der Waals surface area contributed by atoms with Crippen LogP contribution in [0.4, 0.5) is 0 Å². The summed E-state index contributed by atoms with van der Waals surface area (Å²) < 4.78 is 1.16. The van der Waals surface area contributed by atoms with Crippen molar-refractivity contribution < 1.29 is 0 Å². The molecule has 0 aromatic heterocycles. The number of nitrogens with two attached hydrogens (primary N) is 1. The summed E-state index contributed by atoms with van der Waals surface area (Å²) in [4.78, 5) is 0. The third-order valence-corrected chi connectivity index (χ3v) is 3.34. The molecule has 1 aliphatic rings. The second-order valence-corrected chi connectivity index (χ2v) is 4.67. The molecular formula is C11H14BrN. The molecule has 0 spiro atoms. The lowest BCUT2D eigenvalue weighted by Crippen LogP contribution is -2.22. The zero-order chi connectivity index (χ0) is 9.26. The van der Waals surface area contributed by atoms with E-state index in [1.807, 2.05) is 0 Å². The van der Waals surface area contributed by atoms with E-state index in [1.54, 1.807) is 0 Å². The van der Waals surface area contributed by atoms with Crippen molar-refractivity contribution in [3.8, 4) is 0 Å². The third kappa shape index (κ3) is 1.94. The number of rotatable bonds is 1. The lowest BCUT2D eigenvalue weighted by molar-refractivity contribution is 0.613. The van der Waals surface area contributed by atoms with E-state index in [0.717, 1.165) is 4.47 Å². The van der Waals surface area contributed by atoms with Crippen molar-refractivity contribution in [1.82, 2.24) is 0 Å². The molecule has 1 saturated carbocycles. The van der Waals surface area contributed by atoms with Gasteiger partial charge >= 0.3 is 0 Å². The molecule has 1 aromatic carbocycles. The van der Waals surface area contributed by atoms with Gasteiger partial charge in [-0.1, -0.05) is 34.5 Å². The summed E-state index contributed by atoms with van der Waals surface area (Å²) in [6.07, 6.45) is 3.70. The van der Waals surface area contributed by atoms with Crippen LogP contribution < -0.4 is 5.73 Å². The number of benzene rings is 1. The molecule has 1 aliphatic carbocycles. The summed E-state index contributed by atoms with van der Waals surface area (Å²) in [6.45, 7) is 0. The molecule has 0 saturated heterocycles. The highest BCUT2D eigenvalue weighted by atomic mass is 79.9. The van der Waals surface area contributed by atoms with Crippen molar-refractivity contribution in [2.45, 2.75) is 31.2 Å². The second kappa shape index (κ2) is 3.81. The SMILES string of the molecule is N[C@@H]1CCC[C@@H]1c1cccc(Br)c1. The van der Waals surface area contributed by atoms with Gasteiger partial charge < -0.3 is 5.73 Å². The fourth-order valence-corrected chi connectivity index (χ4v) is 2.56. The lowest BCUT2D eigenvalue weighted by Gasteiger charge is -2.15. The highest BCUT2D eigenvalue weighted by molar-refractivity contribution is 9.10. The maximum Gasteiger partial charge on any atom is 0.0178 e. The predicted octanol–water partition coefficient (Wildman–Crippen LogP) is 3.04. The number of hydrogen-bond acceptors (Lipinski definition) is 1. The van der Waals surface area contributed by atoms with Crippen LogP contribution in [0.5, 0.6) is 0 Å². The quantitative estimate of drug-likeness (QED) is 0.802. The maximum atomic E-state index is 6.05. The van der Waals surface area contributed by atoms with Gasteiger partial charge in [0.2, 0.25) is 0 Å². The molecule has 0 heterocycles. The topological polar surface area (TPSA) is 26.0 Å². The molecule has 0 unspecified atom stereocenters. The monoisotopic (exact) mass is 239 g/mol. The summed E-state index contributed by atoms with van der Waals surface area (Å²) in [5, 5.41) is 0. The molecule has 1 fully saturated rings. The predicted molar refractivity (Wildman–Crippen MR) is 58.7 cm³/mol. The van der Waals surface area contributed by atoms with Gasteiger partial charge in [-0.2, -0.15) is 0 Å². The highest BCUT2D eigenvalue weighted by Gasteiger charge is 2.25. The van der Waals surface area contributed by atoms with E-state index < -0.39 is 0 Å². The van der Waals surface area contributed by atoms with E-state index in [4.69, 9.17) is 5.73 Å². The summed E-state index contributed by atoms with van der Waals surface area (Å²) in [5.41, 5.74) is 7.43. The van der Waals surface area contributed by atoms with Gasteiger partial charge in [0.25, 0.3) is 0 Å². The van der Waals surface area contributed by atoms with Crippen LogP contribution in [0.15, 0.2) is 28.7 Å². The Hall–Kier alpha value is -0.340. The van der Waals surface area contributed by atoms with Crippen LogP contribution in [0, 0.1) is 0 Å². The van der Waals surface area contributed by atoms with Crippen molar-refractivity contribution in [2.75, 3.05) is 0 Å². The van der Waals surface area contributed by atoms with Crippen LogP contribution in [-0.4, -0.2) is 6.04 Å².